The van der Waals surface area contributed by atoms with Gasteiger partial charge < -0.3 is 9.84 Å². The molecule has 2 rings (SSSR count). The first kappa shape index (κ1) is 6.79. The first-order chi connectivity index (χ1) is 5.37. The van der Waals surface area contributed by atoms with E-state index in [1.54, 1.807) is 0 Å². The highest BCUT2D eigenvalue weighted by molar-refractivity contribution is 5.06. The molecule has 0 unspecified atom stereocenters. The summed E-state index contributed by atoms with van der Waals surface area (Å²) in [6.07, 6.45) is 4.90. The van der Waals surface area contributed by atoms with Gasteiger partial charge in [0, 0.05) is 0 Å². The zero-order valence-electron chi connectivity index (χ0n) is 6.50. The van der Waals surface area contributed by atoms with Crippen molar-refractivity contribution in [2.24, 2.45) is 0 Å². The summed E-state index contributed by atoms with van der Waals surface area (Å²) in [4.78, 5) is 4.04. The third-order valence-corrected chi connectivity index (χ3v) is 2.46. The molecule has 1 fully saturated rings. The van der Waals surface area contributed by atoms with E-state index < -0.39 is 0 Å². The number of rotatable bonds is 2. The molecule has 4 nitrogen and oxygen atoms in total. The topological polar surface area (TPSA) is 51.0 Å². The first-order valence-electron chi connectivity index (χ1n) is 3.83. The van der Waals surface area contributed by atoms with Crippen LogP contribution in [0.5, 0.6) is 0 Å². The smallest absolute Gasteiger partial charge is 0.246 e. The van der Waals surface area contributed by atoms with E-state index in [9.17, 15) is 0 Å². The Kier molecular flexibility index (Phi) is 1.42. The zero-order chi connectivity index (χ0) is 7.73. The SMILES string of the molecule is CNC1(c2ncno2)CCC1. The Balaban J connectivity index is 2.25. The van der Waals surface area contributed by atoms with Crippen molar-refractivity contribution in [3.63, 3.8) is 0 Å². The molecule has 0 atom stereocenters. The summed E-state index contributed by atoms with van der Waals surface area (Å²) in [5.74, 6) is 0.728. The van der Waals surface area contributed by atoms with E-state index in [1.807, 2.05) is 7.05 Å². The quantitative estimate of drug-likeness (QED) is 0.678. The van der Waals surface area contributed by atoms with Gasteiger partial charge in [0.15, 0.2) is 6.33 Å². The predicted molar refractivity (Wildman–Crippen MR) is 38.9 cm³/mol. The van der Waals surface area contributed by atoms with Crippen LogP contribution in [0.1, 0.15) is 25.2 Å². The summed E-state index contributed by atoms with van der Waals surface area (Å²) in [6, 6.07) is 0. The van der Waals surface area contributed by atoms with E-state index in [0.717, 1.165) is 18.7 Å². The number of aromatic nitrogens is 2. The fourth-order valence-electron chi connectivity index (χ4n) is 1.49. The molecule has 1 aliphatic carbocycles. The van der Waals surface area contributed by atoms with Gasteiger partial charge in [0.1, 0.15) is 0 Å². The molecule has 0 radical (unpaired) electrons. The van der Waals surface area contributed by atoms with Crippen LogP contribution in [0.3, 0.4) is 0 Å². The van der Waals surface area contributed by atoms with Crippen molar-refractivity contribution in [2.45, 2.75) is 24.8 Å². The molecule has 1 aromatic heterocycles. The lowest BCUT2D eigenvalue weighted by molar-refractivity contribution is 0.142. The van der Waals surface area contributed by atoms with Crippen molar-refractivity contribution >= 4 is 0 Å². The maximum atomic E-state index is 5.01. The van der Waals surface area contributed by atoms with Crippen molar-refractivity contribution in [1.82, 2.24) is 15.5 Å². The maximum Gasteiger partial charge on any atom is 0.246 e. The molecule has 0 aliphatic heterocycles. The van der Waals surface area contributed by atoms with E-state index in [4.69, 9.17) is 4.52 Å². The van der Waals surface area contributed by atoms with Gasteiger partial charge in [-0.1, -0.05) is 5.16 Å². The molecule has 4 heteroatoms. The molecule has 0 amide bonds. The Morgan fingerprint density at radius 3 is 2.82 bits per heavy atom. The minimum absolute atomic E-state index is 0.00347. The minimum atomic E-state index is -0.00347. The molecule has 11 heavy (non-hydrogen) atoms. The van der Waals surface area contributed by atoms with Gasteiger partial charge in [-0.05, 0) is 26.3 Å². The lowest BCUT2D eigenvalue weighted by atomic mass is 9.77. The van der Waals surface area contributed by atoms with E-state index >= 15 is 0 Å². The van der Waals surface area contributed by atoms with Gasteiger partial charge in [0.2, 0.25) is 5.89 Å². The van der Waals surface area contributed by atoms with Gasteiger partial charge >= 0.3 is 0 Å². The molecule has 1 N–H and O–H groups in total. The van der Waals surface area contributed by atoms with Crippen LogP contribution in [0.4, 0.5) is 0 Å². The average Bonchev–Trinajstić information content (AvgIpc) is 2.39. The summed E-state index contributed by atoms with van der Waals surface area (Å²) in [7, 11) is 1.93. The van der Waals surface area contributed by atoms with Crippen LogP contribution in [0.25, 0.3) is 0 Å². The van der Waals surface area contributed by atoms with Crippen LogP contribution in [-0.2, 0) is 5.54 Å². The van der Waals surface area contributed by atoms with Crippen LogP contribution in [0.2, 0.25) is 0 Å². The van der Waals surface area contributed by atoms with Crippen LogP contribution in [0.15, 0.2) is 10.9 Å². The summed E-state index contributed by atoms with van der Waals surface area (Å²) < 4.78 is 5.01. The fraction of sp³-hybridized carbons (Fsp3) is 0.714. The van der Waals surface area contributed by atoms with Gasteiger partial charge in [0.25, 0.3) is 0 Å². The monoisotopic (exact) mass is 153 g/mol. The van der Waals surface area contributed by atoms with Crippen molar-refractivity contribution in [3.05, 3.63) is 12.2 Å². The summed E-state index contributed by atoms with van der Waals surface area (Å²) in [5, 5.41) is 6.81. The molecule has 0 spiro atoms. The summed E-state index contributed by atoms with van der Waals surface area (Å²) in [6.45, 7) is 0. The van der Waals surface area contributed by atoms with Crippen LogP contribution in [-0.4, -0.2) is 17.2 Å². The van der Waals surface area contributed by atoms with E-state index in [1.165, 1.54) is 12.7 Å². The third kappa shape index (κ3) is 0.860. The fourth-order valence-corrected chi connectivity index (χ4v) is 1.49. The average molecular weight is 153 g/mol. The molecule has 60 valence electrons. The Hall–Kier alpha value is -0.900. The Morgan fingerprint density at radius 1 is 1.64 bits per heavy atom. The molecule has 0 bridgehead atoms. The second-order valence-corrected chi connectivity index (χ2v) is 2.93. The highest BCUT2D eigenvalue weighted by atomic mass is 16.5. The second kappa shape index (κ2) is 2.30. The Labute approximate surface area is 65.0 Å². The molecule has 0 saturated heterocycles. The highest BCUT2D eigenvalue weighted by Crippen LogP contribution is 2.39. The van der Waals surface area contributed by atoms with Crippen molar-refractivity contribution < 1.29 is 4.52 Å². The van der Waals surface area contributed by atoms with Crippen LogP contribution >= 0.6 is 0 Å². The molecular formula is C7H11N3O. The maximum absolute atomic E-state index is 5.01. The number of hydrogen-bond acceptors (Lipinski definition) is 4. The van der Waals surface area contributed by atoms with Crippen LogP contribution in [0, 0.1) is 0 Å². The minimum Gasteiger partial charge on any atom is -0.338 e. The normalized spacial score (nSPS) is 21.2. The Morgan fingerprint density at radius 2 is 2.45 bits per heavy atom. The molecule has 1 saturated carbocycles. The largest absolute Gasteiger partial charge is 0.338 e. The number of nitrogens with one attached hydrogen (secondary N) is 1. The second-order valence-electron chi connectivity index (χ2n) is 2.93. The van der Waals surface area contributed by atoms with Gasteiger partial charge in [-0.15, -0.1) is 0 Å². The van der Waals surface area contributed by atoms with E-state index in [2.05, 4.69) is 15.5 Å². The number of nitrogens with zero attached hydrogens (tertiary/aromatic N) is 2. The van der Waals surface area contributed by atoms with E-state index in [0.29, 0.717) is 0 Å². The van der Waals surface area contributed by atoms with Crippen LogP contribution < -0.4 is 5.32 Å². The third-order valence-electron chi connectivity index (χ3n) is 2.46. The molecular weight excluding hydrogens is 142 g/mol. The van der Waals surface area contributed by atoms with E-state index in [-0.39, 0.29) is 5.54 Å². The first-order valence-corrected chi connectivity index (χ1v) is 3.83. The molecule has 0 aromatic carbocycles. The van der Waals surface area contributed by atoms with Gasteiger partial charge in [-0.25, -0.2) is 0 Å². The lowest BCUT2D eigenvalue weighted by Gasteiger charge is -2.37. The zero-order valence-corrected chi connectivity index (χ0v) is 6.50. The molecule has 1 aliphatic rings. The lowest BCUT2D eigenvalue weighted by Crippen LogP contribution is -2.46. The Bertz CT molecular complexity index is 222. The molecule has 1 aromatic rings. The summed E-state index contributed by atoms with van der Waals surface area (Å²) >= 11 is 0. The molecule has 1 heterocycles. The van der Waals surface area contributed by atoms with Gasteiger partial charge in [-0.2, -0.15) is 4.98 Å². The summed E-state index contributed by atoms with van der Waals surface area (Å²) in [5.41, 5.74) is -0.00347. The number of hydrogen-bond donors (Lipinski definition) is 1. The highest BCUT2D eigenvalue weighted by Gasteiger charge is 2.41. The standard InChI is InChI=1S/C7H11N3O/c1-8-7(3-2-4-7)6-9-5-10-11-6/h5,8H,2-4H2,1H3. The predicted octanol–water partition coefficient (Wildman–Crippen LogP) is 0.668. The van der Waals surface area contributed by atoms with Crippen molar-refractivity contribution in [3.8, 4) is 0 Å². The van der Waals surface area contributed by atoms with Crippen molar-refractivity contribution in [2.75, 3.05) is 7.05 Å². The van der Waals surface area contributed by atoms with Gasteiger partial charge in [-0.3, -0.25) is 0 Å². The van der Waals surface area contributed by atoms with Gasteiger partial charge in [0.05, 0.1) is 5.54 Å². The van der Waals surface area contributed by atoms with Crippen molar-refractivity contribution in [1.29, 1.82) is 0 Å².